The number of carboxylic acid groups (broad SMARTS) is 1. The van der Waals surface area contributed by atoms with E-state index < -0.39 is 12.0 Å². The Kier molecular flexibility index (Phi) is 3.90. The fourth-order valence-corrected chi connectivity index (χ4v) is 1.57. The number of nitrogens with two attached hydrogens (primary N) is 1. The predicted molar refractivity (Wildman–Crippen MR) is 61.5 cm³/mol. The number of rotatable bonds is 4. The molecule has 0 radical (unpaired) electrons. The molecule has 1 aromatic carbocycles. The monoisotopic (exact) mass is 223 g/mol. The van der Waals surface area contributed by atoms with Crippen molar-refractivity contribution in [3.8, 4) is 5.75 Å². The quantitative estimate of drug-likeness (QED) is 0.721. The number of aromatic hydroxyl groups is 1. The zero-order valence-electron chi connectivity index (χ0n) is 9.47. The predicted octanol–water partition coefficient (Wildman–Crippen LogP) is 1.47. The van der Waals surface area contributed by atoms with Gasteiger partial charge in [-0.25, -0.2) is 0 Å². The molecule has 4 nitrogen and oxygen atoms in total. The second-order valence-corrected chi connectivity index (χ2v) is 4.16. The highest BCUT2D eigenvalue weighted by molar-refractivity contribution is 5.73. The third-order valence-electron chi connectivity index (χ3n) is 2.53. The van der Waals surface area contributed by atoms with Gasteiger partial charge >= 0.3 is 5.97 Å². The van der Waals surface area contributed by atoms with Crippen molar-refractivity contribution in [1.29, 1.82) is 0 Å². The van der Waals surface area contributed by atoms with E-state index in [1.807, 2.05) is 19.9 Å². The molecular formula is C12H17NO3. The average molecular weight is 223 g/mol. The smallest absolute Gasteiger partial charge is 0.320 e. The Balaban J connectivity index is 2.97. The normalized spacial score (nSPS) is 12.8. The van der Waals surface area contributed by atoms with Gasteiger partial charge in [0.15, 0.2) is 0 Å². The van der Waals surface area contributed by atoms with Crippen LogP contribution in [0.1, 0.15) is 30.9 Å². The van der Waals surface area contributed by atoms with Gasteiger partial charge in [0.2, 0.25) is 0 Å². The van der Waals surface area contributed by atoms with Crippen LogP contribution in [0.25, 0.3) is 0 Å². The zero-order valence-corrected chi connectivity index (χ0v) is 9.47. The van der Waals surface area contributed by atoms with Crippen molar-refractivity contribution in [3.63, 3.8) is 0 Å². The summed E-state index contributed by atoms with van der Waals surface area (Å²) < 4.78 is 0. The maximum absolute atomic E-state index is 10.6. The van der Waals surface area contributed by atoms with E-state index in [4.69, 9.17) is 10.8 Å². The number of hydrogen-bond acceptors (Lipinski definition) is 3. The SMILES string of the molecule is CC(C)c1cccc(CC(N)C(=O)O)c1O. The minimum absolute atomic E-state index is 0.141. The fraction of sp³-hybridized carbons (Fsp3) is 0.417. The standard InChI is InChI=1S/C12H17NO3/c1-7(2)9-5-3-4-8(11(9)14)6-10(13)12(15)16/h3-5,7,10,14H,6,13H2,1-2H3,(H,15,16). The molecule has 88 valence electrons. The number of carboxylic acids is 1. The summed E-state index contributed by atoms with van der Waals surface area (Å²) in [6.45, 7) is 3.94. The Hall–Kier alpha value is -1.55. The molecule has 0 spiro atoms. The highest BCUT2D eigenvalue weighted by atomic mass is 16.4. The van der Waals surface area contributed by atoms with Crippen LogP contribution in [0.3, 0.4) is 0 Å². The van der Waals surface area contributed by atoms with Crippen LogP contribution in [0.15, 0.2) is 18.2 Å². The van der Waals surface area contributed by atoms with Gasteiger partial charge in [-0.2, -0.15) is 0 Å². The van der Waals surface area contributed by atoms with Crippen molar-refractivity contribution in [2.24, 2.45) is 5.73 Å². The number of aliphatic carboxylic acids is 1. The summed E-state index contributed by atoms with van der Waals surface area (Å²) in [6, 6.07) is 4.35. The largest absolute Gasteiger partial charge is 0.507 e. The van der Waals surface area contributed by atoms with E-state index in [2.05, 4.69) is 0 Å². The third kappa shape index (κ3) is 2.73. The van der Waals surface area contributed by atoms with E-state index in [-0.39, 0.29) is 18.1 Å². The van der Waals surface area contributed by atoms with Gasteiger partial charge in [0.1, 0.15) is 11.8 Å². The van der Waals surface area contributed by atoms with Crippen LogP contribution < -0.4 is 5.73 Å². The lowest BCUT2D eigenvalue weighted by Crippen LogP contribution is -2.32. The van der Waals surface area contributed by atoms with Gasteiger partial charge in [-0.3, -0.25) is 4.79 Å². The molecule has 0 bridgehead atoms. The van der Waals surface area contributed by atoms with E-state index >= 15 is 0 Å². The summed E-state index contributed by atoms with van der Waals surface area (Å²) >= 11 is 0. The first-order chi connectivity index (χ1) is 7.43. The van der Waals surface area contributed by atoms with Crippen molar-refractivity contribution in [3.05, 3.63) is 29.3 Å². The van der Waals surface area contributed by atoms with Crippen molar-refractivity contribution in [2.75, 3.05) is 0 Å². The number of phenolic OH excluding ortho intramolecular Hbond substituents is 1. The highest BCUT2D eigenvalue weighted by Gasteiger charge is 2.16. The van der Waals surface area contributed by atoms with Gasteiger partial charge in [-0.1, -0.05) is 32.0 Å². The molecule has 1 aromatic rings. The lowest BCUT2D eigenvalue weighted by molar-refractivity contribution is -0.138. The van der Waals surface area contributed by atoms with Crippen LogP contribution in [0.5, 0.6) is 5.75 Å². The van der Waals surface area contributed by atoms with Gasteiger partial charge in [-0.15, -0.1) is 0 Å². The molecular weight excluding hydrogens is 206 g/mol. The van der Waals surface area contributed by atoms with Crippen LogP contribution in [0.4, 0.5) is 0 Å². The van der Waals surface area contributed by atoms with Crippen molar-refractivity contribution in [1.82, 2.24) is 0 Å². The maximum atomic E-state index is 10.6. The first-order valence-corrected chi connectivity index (χ1v) is 5.22. The van der Waals surface area contributed by atoms with Crippen molar-refractivity contribution < 1.29 is 15.0 Å². The topological polar surface area (TPSA) is 83.6 Å². The minimum Gasteiger partial charge on any atom is -0.507 e. The van der Waals surface area contributed by atoms with Crippen molar-refractivity contribution >= 4 is 5.97 Å². The number of carbonyl (C=O) groups is 1. The summed E-state index contributed by atoms with van der Waals surface area (Å²) in [5, 5.41) is 18.6. The third-order valence-corrected chi connectivity index (χ3v) is 2.53. The Morgan fingerprint density at radius 2 is 2.06 bits per heavy atom. The Bertz CT molecular complexity index is 388. The van der Waals surface area contributed by atoms with Gasteiger partial charge in [0.25, 0.3) is 0 Å². The molecule has 0 saturated heterocycles. The molecule has 0 aromatic heterocycles. The van der Waals surface area contributed by atoms with E-state index in [1.54, 1.807) is 12.1 Å². The summed E-state index contributed by atoms with van der Waals surface area (Å²) in [6.07, 6.45) is 0.141. The molecule has 16 heavy (non-hydrogen) atoms. The molecule has 1 unspecified atom stereocenters. The maximum Gasteiger partial charge on any atom is 0.320 e. The molecule has 4 N–H and O–H groups in total. The van der Waals surface area contributed by atoms with Crippen LogP contribution in [0.2, 0.25) is 0 Å². The van der Waals surface area contributed by atoms with Gasteiger partial charge in [-0.05, 0) is 17.0 Å². The van der Waals surface area contributed by atoms with Crippen LogP contribution >= 0.6 is 0 Å². The minimum atomic E-state index is -1.06. The number of para-hydroxylation sites is 1. The lowest BCUT2D eigenvalue weighted by Gasteiger charge is -2.13. The Morgan fingerprint density at radius 1 is 1.44 bits per heavy atom. The van der Waals surface area contributed by atoms with Crippen LogP contribution in [-0.4, -0.2) is 22.2 Å². The Morgan fingerprint density at radius 3 is 2.56 bits per heavy atom. The summed E-state index contributed by atoms with van der Waals surface area (Å²) in [4.78, 5) is 10.6. The Labute approximate surface area is 94.7 Å². The molecule has 0 amide bonds. The van der Waals surface area contributed by atoms with Gasteiger partial charge < -0.3 is 15.9 Å². The number of benzene rings is 1. The molecule has 0 aliphatic rings. The summed E-state index contributed by atoms with van der Waals surface area (Å²) in [5.74, 6) is -0.704. The zero-order chi connectivity index (χ0) is 12.3. The van der Waals surface area contributed by atoms with Gasteiger partial charge in [0, 0.05) is 6.42 Å². The number of hydrogen-bond donors (Lipinski definition) is 3. The van der Waals surface area contributed by atoms with E-state index in [9.17, 15) is 9.90 Å². The molecule has 0 aliphatic carbocycles. The first kappa shape index (κ1) is 12.5. The molecule has 0 fully saturated rings. The fourth-order valence-electron chi connectivity index (χ4n) is 1.57. The van der Waals surface area contributed by atoms with Crippen LogP contribution in [0, 0.1) is 0 Å². The van der Waals surface area contributed by atoms with Crippen LogP contribution in [-0.2, 0) is 11.2 Å². The highest BCUT2D eigenvalue weighted by Crippen LogP contribution is 2.29. The molecule has 0 heterocycles. The van der Waals surface area contributed by atoms with E-state index in [0.717, 1.165) is 5.56 Å². The summed E-state index contributed by atoms with van der Waals surface area (Å²) in [7, 11) is 0. The van der Waals surface area contributed by atoms with Crippen molar-refractivity contribution in [2.45, 2.75) is 32.2 Å². The lowest BCUT2D eigenvalue weighted by atomic mass is 9.96. The first-order valence-electron chi connectivity index (χ1n) is 5.22. The number of phenols is 1. The molecule has 0 aliphatic heterocycles. The second-order valence-electron chi connectivity index (χ2n) is 4.16. The summed E-state index contributed by atoms with van der Waals surface area (Å²) in [5.41, 5.74) is 6.83. The van der Waals surface area contributed by atoms with E-state index in [0.29, 0.717) is 5.56 Å². The molecule has 0 saturated carbocycles. The van der Waals surface area contributed by atoms with E-state index in [1.165, 1.54) is 0 Å². The van der Waals surface area contributed by atoms with Gasteiger partial charge in [0.05, 0.1) is 0 Å². The molecule has 1 atom stereocenters. The second kappa shape index (κ2) is 4.99. The average Bonchev–Trinajstić information content (AvgIpc) is 2.20. The molecule has 4 heteroatoms. The molecule has 1 rings (SSSR count).